The highest BCUT2D eigenvalue weighted by molar-refractivity contribution is 5.82. The minimum absolute atomic E-state index is 0.0272. The zero-order chi connectivity index (χ0) is 15.7. The van der Waals surface area contributed by atoms with Crippen LogP contribution in [0.15, 0.2) is 22.8 Å². The van der Waals surface area contributed by atoms with E-state index < -0.39 is 0 Å². The third-order valence-electron chi connectivity index (χ3n) is 5.24. The van der Waals surface area contributed by atoms with Crippen molar-refractivity contribution < 1.29 is 9.21 Å². The van der Waals surface area contributed by atoms with Crippen LogP contribution in [0.5, 0.6) is 0 Å². The predicted octanol–water partition coefficient (Wildman–Crippen LogP) is 3.01. The van der Waals surface area contributed by atoms with Crippen molar-refractivity contribution in [2.45, 2.75) is 51.5 Å². The molecule has 1 N–H and O–H groups in total. The lowest BCUT2D eigenvalue weighted by Gasteiger charge is -2.43. The first-order chi connectivity index (χ1) is 10.5. The lowest BCUT2D eigenvalue weighted by molar-refractivity contribution is -0.123. The quantitative estimate of drug-likeness (QED) is 0.909. The number of hydrogen-bond acceptors (Lipinski definition) is 3. The zero-order valence-corrected chi connectivity index (χ0v) is 14.0. The van der Waals surface area contributed by atoms with Crippen LogP contribution >= 0.6 is 0 Å². The third kappa shape index (κ3) is 3.37. The molecule has 0 aromatic carbocycles. The molecule has 1 saturated heterocycles. The lowest BCUT2D eigenvalue weighted by Crippen LogP contribution is -2.54. The van der Waals surface area contributed by atoms with Crippen molar-refractivity contribution in [3.63, 3.8) is 0 Å². The van der Waals surface area contributed by atoms with E-state index in [4.69, 9.17) is 4.42 Å². The molecule has 2 aliphatic rings. The van der Waals surface area contributed by atoms with Gasteiger partial charge in [-0.05, 0) is 57.7 Å². The molecule has 2 fully saturated rings. The summed E-state index contributed by atoms with van der Waals surface area (Å²) in [5.41, 5.74) is 0.0272. The molecule has 4 heteroatoms. The molecule has 0 bridgehead atoms. The molecular formula is C18H28N2O2. The average molecular weight is 304 g/mol. The minimum atomic E-state index is 0.0272. The van der Waals surface area contributed by atoms with Crippen LogP contribution in [0.25, 0.3) is 0 Å². The van der Waals surface area contributed by atoms with E-state index in [-0.39, 0.29) is 23.3 Å². The van der Waals surface area contributed by atoms with Crippen molar-refractivity contribution in [3.8, 4) is 0 Å². The molecule has 0 radical (unpaired) electrons. The van der Waals surface area contributed by atoms with Gasteiger partial charge >= 0.3 is 0 Å². The smallest absolute Gasteiger partial charge is 0.223 e. The zero-order valence-electron chi connectivity index (χ0n) is 14.0. The summed E-state index contributed by atoms with van der Waals surface area (Å²) in [4.78, 5) is 14.9. The first-order valence-electron chi connectivity index (χ1n) is 8.53. The highest BCUT2D eigenvalue weighted by Crippen LogP contribution is 2.47. The van der Waals surface area contributed by atoms with Crippen LogP contribution in [-0.4, -0.2) is 36.0 Å². The Kier molecular flexibility index (Phi) is 4.31. The van der Waals surface area contributed by atoms with Gasteiger partial charge in [-0.15, -0.1) is 0 Å². The number of nitrogens with one attached hydrogen (secondary N) is 1. The summed E-state index contributed by atoms with van der Waals surface area (Å²) in [6.45, 7) is 9.80. The van der Waals surface area contributed by atoms with E-state index in [1.54, 1.807) is 6.26 Å². The van der Waals surface area contributed by atoms with Crippen LogP contribution in [0.2, 0.25) is 0 Å². The number of rotatable bonds is 5. The molecule has 1 saturated carbocycles. The van der Waals surface area contributed by atoms with Gasteiger partial charge in [-0.3, -0.25) is 9.69 Å². The van der Waals surface area contributed by atoms with Crippen molar-refractivity contribution in [1.82, 2.24) is 10.2 Å². The van der Waals surface area contributed by atoms with E-state index in [9.17, 15) is 4.79 Å². The summed E-state index contributed by atoms with van der Waals surface area (Å²) < 4.78 is 5.40. The maximum Gasteiger partial charge on any atom is 0.223 e. The van der Waals surface area contributed by atoms with Crippen molar-refractivity contribution in [1.29, 1.82) is 0 Å². The second-order valence-corrected chi connectivity index (χ2v) is 7.69. The van der Waals surface area contributed by atoms with Crippen LogP contribution in [-0.2, 0) is 4.79 Å². The Morgan fingerprint density at radius 3 is 3.00 bits per heavy atom. The number of amides is 1. The predicted molar refractivity (Wildman–Crippen MR) is 86.6 cm³/mol. The topological polar surface area (TPSA) is 45.5 Å². The van der Waals surface area contributed by atoms with Crippen LogP contribution in [0.3, 0.4) is 0 Å². The van der Waals surface area contributed by atoms with Crippen molar-refractivity contribution in [2.24, 2.45) is 11.8 Å². The maximum absolute atomic E-state index is 12.3. The van der Waals surface area contributed by atoms with Gasteiger partial charge < -0.3 is 9.73 Å². The fourth-order valence-electron chi connectivity index (χ4n) is 3.59. The molecule has 0 spiro atoms. The fourth-order valence-corrected chi connectivity index (χ4v) is 3.59. The van der Waals surface area contributed by atoms with E-state index in [1.165, 1.54) is 12.8 Å². The highest BCUT2D eigenvalue weighted by atomic mass is 16.3. The Labute approximate surface area is 133 Å². The van der Waals surface area contributed by atoms with E-state index in [2.05, 4.69) is 31.0 Å². The number of piperidine rings is 1. The average Bonchev–Trinajstić information content (AvgIpc) is 3.10. The molecule has 4 nitrogen and oxygen atoms in total. The Morgan fingerprint density at radius 2 is 2.32 bits per heavy atom. The Morgan fingerprint density at radius 1 is 1.50 bits per heavy atom. The van der Waals surface area contributed by atoms with Gasteiger partial charge in [0.15, 0.2) is 0 Å². The molecule has 1 aliphatic carbocycles. The molecule has 2 heterocycles. The molecule has 22 heavy (non-hydrogen) atoms. The van der Waals surface area contributed by atoms with E-state index >= 15 is 0 Å². The number of hydrogen-bond donors (Lipinski definition) is 1. The molecule has 3 rings (SSSR count). The number of likely N-dealkylation sites (tertiary alicyclic amines) is 1. The summed E-state index contributed by atoms with van der Waals surface area (Å²) in [6, 6.07) is 3.86. The van der Waals surface area contributed by atoms with Crippen LogP contribution in [0, 0.1) is 11.8 Å². The standard InChI is InChI=1S/C18H28N2O2/c1-13-6-4-8-20(11-13)18(2,3)12-19-17(21)15-10-14(15)16-7-5-9-22-16/h5,7,9,13-15H,4,6,8,10-12H2,1-3H3,(H,19,21). The first-order valence-corrected chi connectivity index (χ1v) is 8.53. The third-order valence-corrected chi connectivity index (χ3v) is 5.24. The van der Waals surface area contributed by atoms with Gasteiger partial charge in [0.05, 0.1) is 6.26 Å². The van der Waals surface area contributed by atoms with Gasteiger partial charge in [0.25, 0.3) is 0 Å². The number of furan rings is 1. The number of nitrogens with zero attached hydrogens (tertiary/aromatic N) is 1. The molecule has 1 aromatic rings. The van der Waals surface area contributed by atoms with Crippen molar-refractivity contribution >= 4 is 5.91 Å². The normalized spacial score (nSPS) is 29.3. The monoisotopic (exact) mass is 304 g/mol. The lowest BCUT2D eigenvalue weighted by atomic mass is 9.93. The number of carbonyl (C=O) groups is 1. The summed E-state index contributed by atoms with van der Waals surface area (Å²) in [5.74, 6) is 2.27. The fraction of sp³-hybridized carbons (Fsp3) is 0.722. The molecule has 1 amide bonds. The Hall–Kier alpha value is -1.29. The van der Waals surface area contributed by atoms with Crippen LogP contribution < -0.4 is 5.32 Å². The molecule has 122 valence electrons. The largest absolute Gasteiger partial charge is 0.469 e. The summed E-state index contributed by atoms with van der Waals surface area (Å²) >= 11 is 0. The van der Waals surface area contributed by atoms with Crippen LogP contribution in [0.1, 0.15) is 51.7 Å². The van der Waals surface area contributed by atoms with Gasteiger partial charge in [0.1, 0.15) is 5.76 Å². The SMILES string of the molecule is CC1CCCN(C(C)(C)CNC(=O)C2CC2c2ccco2)C1. The minimum Gasteiger partial charge on any atom is -0.469 e. The first kappa shape index (κ1) is 15.6. The Balaban J connectivity index is 1.48. The van der Waals surface area contributed by atoms with Crippen molar-refractivity contribution in [3.05, 3.63) is 24.2 Å². The maximum atomic E-state index is 12.3. The summed E-state index contributed by atoms with van der Waals surface area (Å²) in [7, 11) is 0. The Bertz CT molecular complexity index is 509. The van der Waals surface area contributed by atoms with E-state index in [0.29, 0.717) is 0 Å². The van der Waals surface area contributed by atoms with Crippen molar-refractivity contribution in [2.75, 3.05) is 19.6 Å². The van der Waals surface area contributed by atoms with Gasteiger partial charge in [-0.1, -0.05) is 6.92 Å². The highest BCUT2D eigenvalue weighted by Gasteiger charge is 2.46. The summed E-state index contributed by atoms with van der Waals surface area (Å²) in [6.07, 6.45) is 5.19. The second kappa shape index (κ2) is 6.07. The summed E-state index contributed by atoms with van der Waals surface area (Å²) in [5, 5.41) is 3.17. The second-order valence-electron chi connectivity index (χ2n) is 7.69. The van der Waals surface area contributed by atoms with Crippen LogP contribution in [0.4, 0.5) is 0 Å². The molecule has 3 unspecified atom stereocenters. The molecular weight excluding hydrogens is 276 g/mol. The molecule has 1 aliphatic heterocycles. The van der Waals surface area contributed by atoms with Gasteiger partial charge in [0.2, 0.25) is 5.91 Å². The van der Waals surface area contributed by atoms with E-state index in [0.717, 1.165) is 37.7 Å². The molecule has 3 atom stereocenters. The van der Waals surface area contributed by atoms with Gasteiger partial charge in [-0.25, -0.2) is 0 Å². The molecule has 1 aromatic heterocycles. The number of carbonyl (C=O) groups excluding carboxylic acids is 1. The van der Waals surface area contributed by atoms with Gasteiger partial charge in [-0.2, -0.15) is 0 Å². The van der Waals surface area contributed by atoms with E-state index in [1.807, 2.05) is 12.1 Å². The van der Waals surface area contributed by atoms with Gasteiger partial charge in [0, 0.05) is 30.5 Å².